The van der Waals surface area contributed by atoms with Gasteiger partial charge in [0.25, 0.3) is 11.7 Å². The average molecular weight is 519 g/mol. The lowest BCUT2D eigenvalue weighted by Gasteiger charge is -2.27. The van der Waals surface area contributed by atoms with E-state index in [0.717, 1.165) is 0 Å². The number of rotatable bonds is 10. The highest BCUT2D eigenvalue weighted by atomic mass is 35.5. The summed E-state index contributed by atoms with van der Waals surface area (Å²) in [4.78, 5) is 29.8. The van der Waals surface area contributed by atoms with Crippen LogP contribution < -0.4 is 18.9 Å². The number of Topliss-reactive ketones (excluding diaryl/α,β-unsaturated/α-hetero) is 1. The number of methoxy groups -OCH3 is 3. The Labute approximate surface area is 215 Å². The van der Waals surface area contributed by atoms with Gasteiger partial charge in [0, 0.05) is 18.7 Å². The van der Waals surface area contributed by atoms with Crippen molar-refractivity contribution in [2.45, 2.75) is 13.0 Å². The molecule has 2 aromatic rings. The van der Waals surface area contributed by atoms with E-state index >= 15 is 0 Å². The lowest BCUT2D eigenvalue weighted by Crippen LogP contribution is -2.35. The normalized spacial score (nSPS) is 17.0. The number of nitrogens with zero attached hydrogens (tertiary/aromatic N) is 2. The summed E-state index contributed by atoms with van der Waals surface area (Å²) in [6, 6.07) is 7.13. The highest BCUT2D eigenvalue weighted by Gasteiger charge is 2.46. The summed E-state index contributed by atoms with van der Waals surface area (Å²) in [6.45, 7) is 3.00. The number of halogens is 1. The number of hydrogen-bond acceptors (Lipinski definition) is 8. The molecule has 1 aliphatic heterocycles. The van der Waals surface area contributed by atoms with Crippen LogP contribution in [0, 0.1) is 0 Å². The number of amides is 1. The second-order valence-electron chi connectivity index (χ2n) is 8.33. The zero-order chi connectivity index (χ0) is 26.6. The number of carbonyl (C=O) groups is 2. The highest BCUT2D eigenvalue weighted by Crippen LogP contribution is 2.46. The van der Waals surface area contributed by atoms with Crippen LogP contribution >= 0.6 is 11.6 Å². The molecule has 36 heavy (non-hydrogen) atoms. The van der Waals surface area contributed by atoms with Crippen LogP contribution in [0.4, 0.5) is 0 Å². The first-order valence-electron chi connectivity index (χ1n) is 11.3. The Bertz CT molecular complexity index is 1150. The molecule has 1 saturated heterocycles. The quantitative estimate of drug-likeness (QED) is 0.288. The highest BCUT2D eigenvalue weighted by molar-refractivity contribution is 6.46. The minimum absolute atomic E-state index is 0.0618. The van der Waals surface area contributed by atoms with Gasteiger partial charge in [-0.1, -0.05) is 11.6 Å². The zero-order valence-corrected chi connectivity index (χ0v) is 22.0. The number of aliphatic hydroxyl groups is 1. The van der Waals surface area contributed by atoms with Crippen LogP contribution in [-0.2, 0) is 9.59 Å². The number of hydrogen-bond donors (Lipinski definition) is 1. The first-order chi connectivity index (χ1) is 17.2. The first kappa shape index (κ1) is 27.2. The predicted octanol–water partition coefficient (Wildman–Crippen LogP) is 3.75. The van der Waals surface area contributed by atoms with E-state index in [1.165, 1.54) is 32.3 Å². The largest absolute Gasteiger partial charge is 0.507 e. The van der Waals surface area contributed by atoms with Gasteiger partial charge in [-0.3, -0.25) is 9.59 Å². The zero-order valence-electron chi connectivity index (χ0n) is 21.3. The Morgan fingerprint density at radius 2 is 1.67 bits per heavy atom. The van der Waals surface area contributed by atoms with Crippen molar-refractivity contribution in [3.63, 3.8) is 0 Å². The second kappa shape index (κ2) is 11.5. The molecule has 0 aliphatic carbocycles. The predicted molar refractivity (Wildman–Crippen MR) is 136 cm³/mol. The number of ketones is 1. The van der Waals surface area contributed by atoms with Crippen molar-refractivity contribution >= 4 is 29.1 Å². The Morgan fingerprint density at radius 1 is 1.03 bits per heavy atom. The molecule has 1 N–H and O–H groups in total. The molecule has 0 spiro atoms. The average Bonchev–Trinajstić information content (AvgIpc) is 3.12. The van der Waals surface area contributed by atoms with E-state index in [2.05, 4.69) is 0 Å². The second-order valence-corrected chi connectivity index (χ2v) is 8.74. The molecule has 10 heteroatoms. The lowest BCUT2D eigenvalue weighted by molar-refractivity contribution is -0.140. The summed E-state index contributed by atoms with van der Waals surface area (Å²) in [7, 11) is 8.18. The molecule has 1 amide bonds. The van der Waals surface area contributed by atoms with Gasteiger partial charge in [0.15, 0.2) is 11.5 Å². The minimum atomic E-state index is -0.899. The van der Waals surface area contributed by atoms with Crippen LogP contribution in [0.15, 0.2) is 35.9 Å². The van der Waals surface area contributed by atoms with Gasteiger partial charge < -0.3 is 33.9 Å². The molecule has 1 atom stereocenters. The first-order valence-corrected chi connectivity index (χ1v) is 11.7. The standard InChI is InChI=1S/C26H31ClN2O7/c1-7-36-18-9-8-15(12-17(18)27)23(30)21-22(29(11-10-28(2)3)26(32)24(21)31)16-13-19(33-4)25(35-6)20(14-16)34-5/h8-9,12-14,22,30H,7,10-11H2,1-6H3/b23-21+/t22-/m1/s1. The van der Waals surface area contributed by atoms with Gasteiger partial charge in [-0.15, -0.1) is 0 Å². The van der Waals surface area contributed by atoms with E-state index in [-0.39, 0.29) is 28.5 Å². The summed E-state index contributed by atoms with van der Waals surface area (Å²) >= 11 is 6.33. The van der Waals surface area contributed by atoms with E-state index < -0.39 is 17.7 Å². The fourth-order valence-corrected chi connectivity index (χ4v) is 4.34. The lowest BCUT2D eigenvalue weighted by atomic mass is 9.94. The third kappa shape index (κ3) is 5.22. The number of aliphatic hydroxyl groups excluding tert-OH is 1. The number of likely N-dealkylation sites (N-methyl/N-ethyl adjacent to an activating group) is 1. The smallest absolute Gasteiger partial charge is 0.295 e. The molecule has 0 aromatic heterocycles. The monoisotopic (exact) mass is 518 g/mol. The Hall–Kier alpha value is -3.43. The molecule has 1 fully saturated rings. The van der Waals surface area contributed by atoms with Gasteiger partial charge in [0.1, 0.15) is 11.5 Å². The molecule has 194 valence electrons. The molecule has 3 rings (SSSR count). The molecule has 0 saturated carbocycles. The topological polar surface area (TPSA) is 97.8 Å². The summed E-state index contributed by atoms with van der Waals surface area (Å²) in [5.74, 6) is -0.326. The Morgan fingerprint density at radius 3 is 2.17 bits per heavy atom. The van der Waals surface area contributed by atoms with E-state index in [1.54, 1.807) is 24.3 Å². The van der Waals surface area contributed by atoms with Crippen molar-refractivity contribution in [1.82, 2.24) is 9.80 Å². The fraction of sp³-hybridized carbons (Fsp3) is 0.385. The molecular formula is C26H31ClN2O7. The van der Waals surface area contributed by atoms with Crippen LogP contribution in [0.2, 0.25) is 5.02 Å². The molecule has 9 nitrogen and oxygen atoms in total. The third-order valence-electron chi connectivity index (χ3n) is 5.84. The van der Waals surface area contributed by atoms with Crippen LogP contribution in [0.25, 0.3) is 5.76 Å². The molecule has 0 unspecified atom stereocenters. The van der Waals surface area contributed by atoms with Crippen LogP contribution in [0.3, 0.4) is 0 Å². The molecule has 1 heterocycles. The fourth-order valence-electron chi connectivity index (χ4n) is 4.10. The van der Waals surface area contributed by atoms with Gasteiger partial charge >= 0.3 is 0 Å². The van der Waals surface area contributed by atoms with Crippen LogP contribution in [0.1, 0.15) is 24.1 Å². The Balaban J connectivity index is 2.24. The maximum Gasteiger partial charge on any atom is 0.295 e. The van der Waals surface area contributed by atoms with Gasteiger partial charge in [0.05, 0.1) is 44.6 Å². The number of benzene rings is 2. The van der Waals surface area contributed by atoms with Crippen molar-refractivity contribution in [1.29, 1.82) is 0 Å². The van der Waals surface area contributed by atoms with Gasteiger partial charge in [-0.05, 0) is 56.9 Å². The molecular weight excluding hydrogens is 488 g/mol. The van der Waals surface area contributed by atoms with Crippen LogP contribution in [-0.4, -0.2) is 81.7 Å². The molecule has 0 bridgehead atoms. The number of likely N-dealkylation sites (tertiary alicyclic amines) is 1. The van der Waals surface area contributed by atoms with E-state index in [9.17, 15) is 14.7 Å². The third-order valence-corrected chi connectivity index (χ3v) is 6.13. The SMILES string of the molecule is CCOc1ccc(/C(O)=C2\C(=O)C(=O)N(CCN(C)C)[C@@H]2c2cc(OC)c(OC)c(OC)c2)cc1Cl. The van der Waals surface area contributed by atoms with Crippen molar-refractivity contribution in [2.24, 2.45) is 0 Å². The summed E-state index contributed by atoms with van der Waals surface area (Å²) < 4.78 is 21.9. The molecule has 1 aliphatic rings. The molecule has 2 aromatic carbocycles. The van der Waals surface area contributed by atoms with Gasteiger partial charge in [0.2, 0.25) is 5.75 Å². The molecule has 0 radical (unpaired) electrons. The summed E-state index contributed by atoms with van der Waals surface area (Å²) in [6.07, 6.45) is 0. The van der Waals surface area contributed by atoms with Crippen molar-refractivity contribution < 1.29 is 33.6 Å². The van der Waals surface area contributed by atoms with Gasteiger partial charge in [-0.2, -0.15) is 0 Å². The van der Waals surface area contributed by atoms with Crippen LogP contribution in [0.5, 0.6) is 23.0 Å². The number of carbonyl (C=O) groups excluding carboxylic acids is 2. The maximum absolute atomic E-state index is 13.3. The summed E-state index contributed by atoms with van der Waals surface area (Å²) in [5.41, 5.74) is 0.737. The van der Waals surface area contributed by atoms with E-state index in [1.807, 2.05) is 25.9 Å². The van der Waals surface area contributed by atoms with E-state index in [4.69, 9.17) is 30.5 Å². The summed E-state index contributed by atoms with van der Waals surface area (Å²) in [5, 5.41) is 11.6. The van der Waals surface area contributed by atoms with Crippen molar-refractivity contribution in [2.75, 3.05) is 55.1 Å². The van der Waals surface area contributed by atoms with Crippen molar-refractivity contribution in [3.05, 3.63) is 52.1 Å². The Kier molecular flexibility index (Phi) is 8.70. The maximum atomic E-state index is 13.3. The van der Waals surface area contributed by atoms with Crippen molar-refractivity contribution in [3.8, 4) is 23.0 Å². The number of ether oxygens (including phenoxy) is 4. The van der Waals surface area contributed by atoms with E-state index in [0.29, 0.717) is 41.7 Å². The van der Waals surface area contributed by atoms with Gasteiger partial charge in [-0.25, -0.2) is 0 Å². The minimum Gasteiger partial charge on any atom is -0.507 e.